The lowest BCUT2D eigenvalue weighted by atomic mass is 9.84. The van der Waals surface area contributed by atoms with Crippen LogP contribution in [0.4, 0.5) is 0 Å². The van der Waals surface area contributed by atoms with E-state index < -0.39 is 17.5 Å². The van der Waals surface area contributed by atoms with Gasteiger partial charge in [-0.1, -0.05) is 6.92 Å². The molecule has 5 unspecified atom stereocenters. The molecule has 2 aliphatic rings. The monoisotopic (exact) mass is 269 g/mol. The highest BCUT2D eigenvalue weighted by molar-refractivity contribution is 5.86. The average molecular weight is 269 g/mol. The van der Waals surface area contributed by atoms with E-state index in [2.05, 4.69) is 5.32 Å². The maximum Gasteiger partial charge on any atom is 0.308 e. The number of fused-ring (bicyclic) bond motifs is 2. The number of ether oxygens (including phenoxy) is 1. The van der Waals surface area contributed by atoms with Crippen LogP contribution >= 0.6 is 0 Å². The van der Waals surface area contributed by atoms with Gasteiger partial charge < -0.3 is 15.2 Å². The van der Waals surface area contributed by atoms with Gasteiger partial charge in [0.25, 0.3) is 5.91 Å². The first-order valence-electron chi connectivity index (χ1n) is 7.02. The molecule has 2 fully saturated rings. The predicted octanol–water partition coefficient (Wildman–Crippen LogP) is 1.42. The molecule has 0 aromatic rings. The number of hydrogen-bond donors (Lipinski definition) is 2. The molecule has 5 heteroatoms. The quantitative estimate of drug-likeness (QED) is 0.791. The molecule has 2 saturated carbocycles. The molecule has 0 saturated heterocycles. The fourth-order valence-corrected chi connectivity index (χ4v) is 3.56. The van der Waals surface area contributed by atoms with Gasteiger partial charge in [0.1, 0.15) is 5.60 Å². The number of nitrogens with one attached hydrogen (secondary N) is 1. The molecule has 2 N–H and O–H groups in total. The molecule has 2 bridgehead atoms. The lowest BCUT2D eigenvalue weighted by Gasteiger charge is -2.33. The van der Waals surface area contributed by atoms with E-state index >= 15 is 0 Å². The van der Waals surface area contributed by atoms with Crippen molar-refractivity contribution >= 4 is 11.9 Å². The van der Waals surface area contributed by atoms with Crippen molar-refractivity contribution in [3.05, 3.63) is 0 Å². The summed E-state index contributed by atoms with van der Waals surface area (Å²) in [5.74, 6) is -0.869. The SMILES string of the molecule is CCC(C)(OC)C(=O)NC1C2CCC(C2)C1C(=O)O. The van der Waals surface area contributed by atoms with Crippen LogP contribution in [0.1, 0.15) is 39.5 Å². The van der Waals surface area contributed by atoms with Crippen molar-refractivity contribution < 1.29 is 19.4 Å². The molecular weight excluding hydrogens is 246 g/mol. The van der Waals surface area contributed by atoms with Crippen LogP contribution in [0, 0.1) is 17.8 Å². The number of carbonyl (C=O) groups is 2. The zero-order valence-electron chi connectivity index (χ0n) is 11.8. The first kappa shape index (κ1) is 14.3. The number of carboxylic acid groups (broad SMARTS) is 1. The van der Waals surface area contributed by atoms with Crippen LogP contribution in [0.25, 0.3) is 0 Å². The number of carboxylic acids is 1. The number of aliphatic carboxylic acids is 1. The normalized spacial score (nSPS) is 35.9. The summed E-state index contributed by atoms with van der Waals surface area (Å²) in [6.45, 7) is 3.63. The molecule has 5 atom stereocenters. The summed E-state index contributed by atoms with van der Waals surface area (Å²) < 4.78 is 5.28. The van der Waals surface area contributed by atoms with Crippen LogP contribution in [0.3, 0.4) is 0 Å². The van der Waals surface area contributed by atoms with Gasteiger partial charge in [-0.2, -0.15) is 0 Å². The predicted molar refractivity (Wildman–Crippen MR) is 69.6 cm³/mol. The highest BCUT2D eigenvalue weighted by Crippen LogP contribution is 2.48. The zero-order chi connectivity index (χ0) is 14.2. The second-order valence-corrected chi connectivity index (χ2v) is 5.99. The Hall–Kier alpha value is -1.10. The minimum atomic E-state index is -0.870. The second-order valence-electron chi connectivity index (χ2n) is 5.99. The van der Waals surface area contributed by atoms with Crippen molar-refractivity contribution in [2.45, 2.75) is 51.2 Å². The standard InChI is InChI=1S/C14H23NO4/c1-4-14(2,19-3)13(18)15-11-9-6-5-8(7-9)10(11)12(16)17/h8-11H,4-7H2,1-3H3,(H,15,18)(H,16,17). The van der Waals surface area contributed by atoms with E-state index in [9.17, 15) is 14.7 Å². The number of rotatable bonds is 5. The Labute approximate surface area is 113 Å². The van der Waals surface area contributed by atoms with Gasteiger partial charge in [0, 0.05) is 13.2 Å². The Morgan fingerprint density at radius 1 is 1.37 bits per heavy atom. The third kappa shape index (κ3) is 2.36. The minimum Gasteiger partial charge on any atom is -0.481 e. The van der Waals surface area contributed by atoms with Crippen molar-refractivity contribution in [1.82, 2.24) is 5.32 Å². The van der Waals surface area contributed by atoms with Gasteiger partial charge in [-0.3, -0.25) is 9.59 Å². The lowest BCUT2D eigenvalue weighted by molar-refractivity contribution is -0.147. The van der Waals surface area contributed by atoms with E-state index in [0.717, 1.165) is 19.3 Å². The van der Waals surface area contributed by atoms with E-state index in [4.69, 9.17) is 4.74 Å². The summed E-state index contributed by atoms with van der Waals surface area (Å²) in [5, 5.41) is 12.3. The molecule has 0 heterocycles. The zero-order valence-corrected chi connectivity index (χ0v) is 11.8. The average Bonchev–Trinajstić information content (AvgIpc) is 2.98. The third-order valence-electron chi connectivity index (χ3n) is 5.10. The van der Waals surface area contributed by atoms with E-state index in [1.807, 2.05) is 6.92 Å². The number of methoxy groups -OCH3 is 1. The van der Waals surface area contributed by atoms with Gasteiger partial charge in [0.05, 0.1) is 5.92 Å². The Morgan fingerprint density at radius 2 is 2.00 bits per heavy atom. The maximum atomic E-state index is 12.3. The van der Waals surface area contributed by atoms with Gasteiger partial charge in [0.2, 0.25) is 0 Å². The number of hydrogen-bond acceptors (Lipinski definition) is 3. The summed E-state index contributed by atoms with van der Waals surface area (Å²) >= 11 is 0. The molecule has 5 nitrogen and oxygen atoms in total. The Morgan fingerprint density at radius 3 is 2.53 bits per heavy atom. The van der Waals surface area contributed by atoms with E-state index in [1.54, 1.807) is 6.92 Å². The number of amides is 1. The highest BCUT2D eigenvalue weighted by Gasteiger charge is 2.52. The lowest BCUT2D eigenvalue weighted by Crippen LogP contribution is -2.54. The molecule has 2 rings (SSSR count). The Bertz CT molecular complexity index is 378. The van der Waals surface area contributed by atoms with Crippen LogP contribution in [0.5, 0.6) is 0 Å². The largest absolute Gasteiger partial charge is 0.481 e. The van der Waals surface area contributed by atoms with Gasteiger partial charge in [0.15, 0.2) is 0 Å². The molecule has 0 aromatic heterocycles. The summed E-state index contributed by atoms with van der Waals surface area (Å²) in [5.41, 5.74) is -0.870. The van der Waals surface area contributed by atoms with Gasteiger partial charge in [-0.05, 0) is 44.4 Å². The molecule has 1 amide bonds. The van der Waals surface area contributed by atoms with E-state index in [-0.39, 0.29) is 17.9 Å². The second kappa shape index (κ2) is 5.12. The van der Waals surface area contributed by atoms with Crippen LogP contribution in [-0.2, 0) is 14.3 Å². The first-order chi connectivity index (χ1) is 8.92. The highest BCUT2D eigenvalue weighted by atomic mass is 16.5. The van der Waals surface area contributed by atoms with Crippen LogP contribution in [0.2, 0.25) is 0 Å². The van der Waals surface area contributed by atoms with Crippen molar-refractivity contribution in [1.29, 1.82) is 0 Å². The van der Waals surface area contributed by atoms with Gasteiger partial charge in [-0.15, -0.1) is 0 Å². The summed E-state index contributed by atoms with van der Waals surface area (Å²) in [7, 11) is 1.51. The molecule has 0 radical (unpaired) electrons. The topological polar surface area (TPSA) is 75.6 Å². The molecule has 2 aliphatic carbocycles. The number of carbonyl (C=O) groups excluding carboxylic acids is 1. The minimum absolute atomic E-state index is 0.193. The maximum absolute atomic E-state index is 12.3. The van der Waals surface area contributed by atoms with Crippen molar-refractivity contribution in [2.75, 3.05) is 7.11 Å². The molecule has 0 aliphatic heterocycles. The van der Waals surface area contributed by atoms with E-state index in [0.29, 0.717) is 12.3 Å². The van der Waals surface area contributed by atoms with Crippen LogP contribution in [0.15, 0.2) is 0 Å². The van der Waals surface area contributed by atoms with Crippen LogP contribution < -0.4 is 5.32 Å². The summed E-state index contributed by atoms with van der Waals surface area (Å²) in [6.07, 6.45) is 3.49. The summed E-state index contributed by atoms with van der Waals surface area (Å²) in [4.78, 5) is 23.7. The molecule has 0 spiro atoms. The van der Waals surface area contributed by atoms with Gasteiger partial charge in [-0.25, -0.2) is 0 Å². The van der Waals surface area contributed by atoms with Gasteiger partial charge >= 0.3 is 5.97 Å². The fraction of sp³-hybridized carbons (Fsp3) is 0.857. The molecular formula is C14H23NO4. The van der Waals surface area contributed by atoms with Crippen molar-refractivity contribution in [3.8, 4) is 0 Å². The van der Waals surface area contributed by atoms with Crippen LogP contribution in [-0.4, -0.2) is 35.7 Å². The molecule has 0 aromatic carbocycles. The first-order valence-corrected chi connectivity index (χ1v) is 7.02. The molecule has 19 heavy (non-hydrogen) atoms. The molecule has 108 valence electrons. The Kier molecular flexibility index (Phi) is 3.85. The fourth-order valence-electron chi connectivity index (χ4n) is 3.56. The smallest absolute Gasteiger partial charge is 0.308 e. The van der Waals surface area contributed by atoms with E-state index in [1.165, 1.54) is 7.11 Å². The third-order valence-corrected chi connectivity index (χ3v) is 5.10. The summed E-state index contributed by atoms with van der Waals surface area (Å²) in [6, 6.07) is -0.232. The van der Waals surface area contributed by atoms with Crippen molar-refractivity contribution in [3.63, 3.8) is 0 Å². The Balaban J connectivity index is 2.10. The van der Waals surface area contributed by atoms with Crippen molar-refractivity contribution in [2.24, 2.45) is 17.8 Å².